The van der Waals surface area contributed by atoms with Gasteiger partial charge in [-0.15, -0.1) is 4.99 Å². The molecule has 1 saturated heterocycles. The molecule has 0 saturated carbocycles. The molecule has 1 aliphatic rings. The number of nitriles is 1. The Bertz CT molecular complexity index is 929. The standard InChI is InChI=1S/C23H19N3S2/c24-17-25-23-26(28-20-14-8-3-9-15-20)21(16-27-23)22(18-10-4-1-5-11-18)19-12-6-2-7-13-19/h1-15,21-22H,16H2/t21-/m0/s1. The number of rotatable bonds is 5. The Kier molecular flexibility index (Phi) is 6.01. The van der Waals surface area contributed by atoms with Crippen LogP contribution in [0.25, 0.3) is 0 Å². The van der Waals surface area contributed by atoms with Crippen molar-refractivity contribution in [1.82, 2.24) is 4.31 Å². The predicted molar refractivity (Wildman–Crippen MR) is 118 cm³/mol. The summed E-state index contributed by atoms with van der Waals surface area (Å²) in [6.07, 6.45) is 1.98. The van der Waals surface area contributed by atoms with Gasteiger partial charge >= 0.3 is 0 Å². The second kappa shape index (κ2) is 9.01. The number of aliphatic imine (C=N–C) groups is 1. The smallest absolute Gasteiger partial charge is 0.208 e. The first kappa shape index (κ1) is 18.7. The van der Waals surface area contributed by atoms with Gasteiger partial charge in [-0.25, -0.2) is 0 Å². The third-order valence-corrected chi connectivity index (χ3v) is 6.96. The number of hydrogen-bond donors (Lipinski definition) is 0. The van der Waals surface area contributed by atoms with E-state index in [4.69, 9.17) is 0 Å². The summed E-state index contributed by atoms with van der Waals surface area (Å²) in [4.78, 5) is 5.25. The second-order valence-corrected chi connectivity index (χ2v) is 8.44. The van der Waals surface area contributed by atoms with Gasteiger partial charge in [0.1, 0.15) is 0 Å². The molecule has 28 heavy (non-hydrogen) atoms. The van der Waals surface area contributed by atoms with E-state index < -0.39 is 0 Å². The maximum absolute atomic E-state index is 9.18. The fraction of sp³-hybridized carbons (Fsp3) is 0.130. The summed E-state index contributed by atoms with van der Waals surface area (Å²) in [5.41, 5.74) is 2.55. The maximum Gasteiger partial charge on any atom is 0.208 e. The number of benzene rings is 3. The zero-order valence-corrected chi connectivity index (χ0v) is 16.8. The molecule has 0 aliphatic carbocycles. The highest BCUT2D eigenvalue weighted by Gasteiger charge is 2.38. The van der Waals surface area contributed by atoms with Gasteiger partial charge in [-0.3, -0.25) is 4.31 Å². The molecule has 5 heteroatoms. The minimum atomic E-state index is 0.187. The van der Waals surface area contributed by atoms with Crippen LogP contribution in [0, 0.1) is 11.5 Å². The van der Waals surface area contributed by atoms with Crippen LogP contribution in [-0.2, 0) is 0 Å². The van der Waals surface area contributed by atoms with Gasteiger partial charge in [0, 0.05) is 16.6 Å². The molecule has 0 amide bonds. The van der Waals surface area contributed by atoms with Gasteiger partial charge in [-0.05, 0) is 35.2 Å². The number of thioether (sulfide) groups is 1. The highest BCUT2D eigenvalue weighted by Crippen LogP contribution is 2.43. The predicted octanol–water partition coefficient (Wildman–Crippen LogP) is 5.78. The Hall–Kier alpha value is -2.68. The Balaban J connectivity index is 1.75. The molecule has 3 nitrogen and oxygen atoms in total. The van der Waals surface area contributed by atoms with Gasteiger partial charge in [0.25, 0.3) is 0 Å². The first-order chi connectivity index (χ1) is 13.9. The van der Waals surface area contributed by atoms with Crippen molar-refractivity contribution in [3.63, 3.8) is 0 Å². The average molecular weight is 402 g/mol. The topological polar surface area (TPSA) is 39.4 Å². The summed E-state index contributed by atoms with van der Waals surface area (Å²) in [7, 11) is 0. The Morgan fingerprint density at radius 1 is 0.893 bits per heavy atom. The molecule has 0 aromatic heterocycles. The minimum Gasteiger partial charge on any atom is -0.285 e. The molecule has 1 fully saturated rings. The van der Waals surface area contributed by atoms with Gasteiger partial charge in [0.15, 0.2) is 5.17 Å². The van der Waals surface area contributed by atoms with Crippen molar-refractivity contribution >= 4 is 28.9 Å². The van der Waals surface area contributed by atoms with Crippen LogP contribution in [0.5, 0.6) is 0 Å². The number of hydrogen-bond acceptors (Lipinski definition) is 4. The van der Waals surface area contributed by atoms with E-state index >= 15 is 0 Å². The molecule has 0 spiro atoms. The van der Waals surface area contributed by atoms with Gasteiger partial charge < -0.3 is 0 Å². The largest absolute Gasteiger partial charge is 0.285 e. The van der Waals surface area contributed by atoms with Crippen LogP contribution >= 0.6 is 23.7 Å². The third-order valence-electron chi connectivity index (χ3n) is 4.67. The van der Waals surface area contributed by atoms with Crippen molar-refractivity contribution in [1.29, 1.82) is 5.26 Å². The molecule has 3 aromatic carbocycles. The summed E-state index contributed by atoms with van der Waals surface area (Å²) < 4.78 is 2.22. The first-order valence-corrected chi connectivity index (χ1v) is 10.8. The molecule has 0 unspecified atom stereocenters. The van der Waals surface area contributed by atoms with Crippen molar-refractivity contribution in [3.05, 3.63) is 102 Å². The lowest BCUT2D eigenvalue weighted by atomic mass is 9.86. The SMILES string of the molecule is N#CN=C1SC[C@@H](C(c2ccccc2)c2ccccc2)N1Sc1ccccc1. The number of nitrogens with zero attached hydrogens (tertiary/aromatic N) is 3. The van der Waals surface area contributed by atoms with E-state index in [0.29, 0.717) is 0 Å². The van der Waals surface area contributed by atoms with Crippen LogP contribution < -0.4 is 0 Å². The van der Waals surface area contributed by atoms with Gasteiger partial charge in [-0.1, -0.05) is 90.6 Å². The van der Waals surface area contributed by atoms with Crippen molar-refractivity contribution in [2.45, 2.75) is 16.9 Å². The van der Waals surface area contributed by atoms with Crippen LogP contribution in [0.15, 0.2) is 101 Å². The molecule has 4 rings (SSSR count). The molecule has 3 aromatic rings. The molecule has 0 bridgehead atoms. The Morgan fingerprint density at radius 2 is 1.43 bits per heavy atom. The fourth-order valence-corrected chi connectivity index (χ4v) is 5.80. The summed E-state index contributed by atoms with van der Waals surface area (Å²) in [6.45, 7) is 0. The van der Waals surface area contributed by atoms with E-state index in [1.54, 1.807) is 23.7 Å². The van der Waals surface area contributed by atoms with Gasteiger partial charge in [-0.2, -0.15) is 5.26 Å². The third kappa shape index (κ3) is 4.09. The summed E-state index contributed by atoms with van der Waals surface area (Å²) in [5, 5.41) is 9.96. The van der Waals surface area contributed by atoms with Crippen LogP contribution in [0.3, 0.4) is 0 Å². The fourth-order valence-electron chi connectivity index (χ4n) is 3.45. The zero-order valence-electron chi connectivity index (χ0n) is 15.2. The van der Waals surface area contributed by atoms with Gasteiger partial charge in [0.2, 0.25) is 6.19 Å². The average Bonchev–Trinajstić information content (AvgIpc) is 3.13. The lowest BCUT2D eigenvalue weighted by molar-refractivity contribution is 0.484. The summed E-state index contributed by atoms with van der Waals surface area (Å²) in [6, 6.07) is 31.7. The molecular formula is C23H19N3S2. The molecule has 1 aliphatic heterocycles. The van der Waals surface area contributed by atoms with Crippen LogP contribution in [0.1, 0.15) is 17.0 Å². The lowest BCUT2D eigenvalue weighted by Gasteiger charge is -2.31. The van der Waals surface area contributed by atoms with Crippen molar-refractivity contribution in [3.8, 4) is 6.19 Å². The summed E-state index contributed by atoms with van der Waals surface area (Å²) >= 11 is 3.31. The molecule has 0 radical (unpaired) electrons. The van der Waals surface area contributed by atoms with Crippen LogP contribution in [0.2, 0.25) is 0 Å². The van der Waals surface area contributed by atoms with Crippen LogP contribution in [0.4, 0.5) is 0 Å². The molecule has 0 N–H and O–H groups in total. The molecular weight excluding hydrogens is 382 g/mol. The normalized spacial score (nSPS) is 17.8. The lowest BCUT2D eigenvalue weighted by Crippen LogP contribution is -2.34. The minimum absolute atomic E-state index is 0.187. The number of amidine groups is 1. The Labute approximate surface area is 174 Å². The van der Waals surface area contributed by atoms with E-state index in [1.807, 2.05) is 36.5 Å². The molecule has 1 heterocycles. The maximum atomic E-state index is 9.18. The highest BCUT2D eigenvalue weighted by molar-refractivity contribution is 8.16. The van der Waals surface area contributed by atoms with Gasteiger partial charge in [0.05, 0.1) is 6.04 Å². The van der Waals surface area contributed by atoms with Crippen LogP contribution in [-0.4, -0.2) is 21.3 Å². The van der Waals surface area contributed by atoms with Crippen molar-refractivity contribution in [2.75, 3.05) is 5.75 Å². The van der Waals surface area contributed by atoms with E-state index in [-0.39, 0.29) is 12.0 Å². The van der Waals surface area contributed by atoms with Crippen molar-refractivity contribution < 1.29 is 0 Å². The molecule has 1 atom stereocenters. The molecule has 138 valence electrons. The highest BCUT2D eigenvalue weighted by atomic mass is 32.2. The Morgan fingerprint density at radius 3 is 1.96 bits per heavy atom. The first-order valence-electron chi connectivity index (χ1n) is 9.08. The van der Waals surface area contributed by atoms with E-state index in [0.717, 1.165) is 15.8 Å². The quantitative estimate of drug-likeness (QED) is 0.401. The van der Waals surface area contributed by atoms with E-state index in [1.165, 1.54) is 11.1 Å². The van der Waals surface area contributed by atoms with E-state index in [2.05, 4.69) is 70.0 Å². The zero-order chi connectivity index (χ0) is 19.2. The van der Waals surface area contributed by atoms with E-state index in [9.17, 15) is 5.26 Å². The monoisotopic (exact) mass is 401 g/mol. The summed E-state index contributed by atoms with van der Waals surface area (Å²) in [5.74, 6) is 1.08. The second-order valence-electron chi connectivity index (χ2n) is 6.40. The van der Waals surface area contributed by atoms with Crippen molar-refractivity contribution in [2.24, 2.45) is 4.99 Å².